The zero-order valence-electron chi connectivity index (χ0n) is 36.7. The summed E-state index contributed by atoms with van der Waals surface area (Å²) in [7, 11) is 0. The van der Waals surface area contributed by atoms with Gasteiger partial charge < -0.3 is 0 Å². The third-order valence-electron chi connectivity index (χ3n) is 15.6. The maximum Gasteiger partial charge on any atom is 0.0212 e. The molecule has 0 heterocycles. The van der Waals surface area contributed by atoms with E-state index in [1.807, 2.05) is 0 Å². The summed E-state index contributed by atoms with van der Waals surface area (Å²) in [5, 5.41) is 5.63. The van der Waals surface area contributed by atoms with Gasteiger partial charge in [0.25, 0.3) is 0 Å². The van der Waals surface area contributed by atoms with Crippen molar-refractivity contribution < 1.29 is 0 Å². The van der Waals surface area contributed by atoms with Gasteiger partial charge in [-0.2, -0.15) is 0 Å². The molecule has 3 atom stereocenters. The summed E-state index contributed by atoms with van der Waals surface area (Å²) in [6, 6.07) is 32.7. The molecular weight excluding hydrogens is 733 g/mol. The lowest BCUT2D eigenvalue weighted by molar-refractivity contribution is 0.409. The van der Waals surface area contributed by atoms with Crippen LogP contribution in [0.3, 0.4) is 0 Å². The van der Waals surface area contributed by atoms with Crippen molar-refractivity contribution in [2.45, 2.75) is 73.6 Å². The molecule has 0 bridgehead atoms. The van der Waals surface area contributed by atoms with E-state index in [0.717, 1.165) is 32.1 Å². The first-order valence-electron chi connectivity index (χ1n) is 23.4. The summed E-state index contributed by atoms with van der Waals surface area (Å²) < 4.78 is 0. The van der Waals surface area contributed by atoms with Gasteiger partial charge in [0.1, 0.15) is 0 Å². The predicted molar refractivity (Wildman–Crippen MR) is 262 cm³/mol. The number of fused-ring (bicyclic) bond motifs is 8. The van der Waals surface area contributed by atoms with Gasteiger partial charge in [-0.15, -0.1) is 0 Å². The number of allylic oxidation sites excluding steroid dienone is 18. The Hall–Kier alpha value is -5.72. The molecule has 5 aromatic rings. The topological polar surface area (TPSA) is 0 Å². The summed E-state index contributed by atoms with van der Waals surface area (Å²) in [6.45, 7) is 14.6. The van der Waals surface area contributed by atoms with Gasteiger partial charge in [0.05, 0.1) is 0 Å². The molecule has 0 saturated heterocycles. The van der Waals surface area contributed by atoms with Gasteiger partial charge in [-0.05, 0) is 178 Å². The number of rotatable bonds is 6. The van der Waals surface area contributed by atoms with Gasteiger partial charge in [0.15, 0.2) is 0 Å². The molecule has 0 amide bonds. The summed E-state index contributed by atoms with van der Waals surface area (Å²) in [4.78, 5) is 0. The van der Waals surface area contributed by atoms with Crippen LogP contribution in [-0.2, 0) is 0 Å². The minimum absolute atomic E-state index is 0.245. The second kappa shape index (κ2) is 13.9. The Balaban J connectivity index is 1.25. The number of benzene rings is 5. The van der Waals surface area contributed by atoms with Crippen LogP contribution in [0.5, 0.6) is 0 Å². The first-order valence-corrected chi connectivity index (χ1v) is 23.4. The highest BCUT2D eigenvalue weighted by Gasteiger charge is 2.49. The SMILES string of the molecule is CC(C)C1=CC(C(C)C)=C(C2=CC=C3c4c(c(-c5ccccc5)c5c(cc6c7c(cccc75)C5=C6CCC=C5)c4-c4ccccc4)C4=CC5=C(C=CCC5)C2C34)C(C(C)C)C1. The van der Waals surface area contributed by atoms with Gasteiger partial charge in [0, 0.05) is 11.8 Å². The lowest BCUT2D eigenvalue weighted by atomic mass is 9.61. The molecular formula is C61H56. The van der Waals surface area contributed by atoms with Crippen LogP contribution in [-0.4, -0.2) is 0 Å². The van der Waals surface area contributed by atoms with E-state index in [1.165, 1.54) is 88.3 Å². The fourth-order valence-corrected chi connectivity index (χ4v) is 12.8. The average Bonchev–Trinajstić information content (AvgIpc) is 3.79. The number of hydrogen-bond acceptors (Lipinski definition) is 0. The molecule has 0 spiro atoms. The van der Waals surface area contributed by atoms with Gasteiger partial charge in [-0.25, -0.2) is 0 Å². The summed E-state index contributed by atoms with van der Waals surface area (Å²) in [5.41, 5.74) is 26.7. The first kappa shape index (κ1) is 37.1. The molecule has 0 N–H and O–H groups in total. The highest BCUT2D eigenvalue weighted by atomic mass is 14.5. The van der Waals surface area contributed by atoms with Gasteiger partial charge in [-0.1, -0.05) is 175 Å². The van der Waals surface area contributed by atoms with E-state index in [9.17, 15) is 0 Å². The van der Waals surface area contributed by atoms with E-state index in [1.54, 1.807) is 33.4 Å². The van der Waals surface area contributed by atoms with Crippen LogP contribution in [0, 0.1) is 35.5 Å². The van der Waals surface area contributed by atoms with Gasteiger partial charge in [0.2, 0.25) is 0 Å². The standard InChI is InChI=1S/C61H56/c1-34(2)40-31-48(35(3)4)56(49(32-40)36(5)6)46-28-29-47-59-51(30-39-22-13-14-23-41(39)57(46)59)61-54(38-20-11-8-12-21-38)58-45-27-17-26-44-42-24-15-16-25-43(42)50(55(44)45)33-52(58)53(60(47)61)37-18-9-7-10-19-37/h7-12,14-15,17-21,23-24,26-31,33-36,49,57,59H,13,16,22,25,32H2,1-6H3. The molecule has 61 heavy (non-hydrogen) atoms. The van der Waals surface area contributed by atoms with Crippen LogP contribution in [0.4, 0.5) is 0 Å². The van der Waals surface area contributed by atoms with Crippen LogP contribution in [0.15, 0.2) is 167 Å². The molecule has 7 aliphatic carbocycles. The third-order valence-corrected chi connectivity index (χ3v) is 15.6. The highest BCUT2D eigenvalue weighted by molar-refractivity contribution is 6.30. The lowest BCUT2D eigenvalue weighted by Gasteiger charge is -2.43. The van der Waals surface area contributed by atoms with Crippen molar-refractivity contribution >= 4 is 43.8 Å². The van der Waals surface area contributed by atoms with Crippen LogP contribution in [0.1, 0.15) is 95.9 Å². The van der Waals surface area contributed by atoms with Crippen molar-refractivity contribution in [3.8, 4) is 22.3 Å². The Labute approximate surface area is 362 Å². The van der Waals surface area contributed by atoms with E-state index >= 15 is 0 Å². The Morgan fingerprint density at radius 2 is 1.26 bits per heavy atom. The molecule has 0 radical (unpaired) electrons. The second-order valence-electron chi connectivity index (χ2n) is 19.8. The minimum atomic E-state index is 0.245. The molecule has 12 rings (SSSR count). The van der Waals surface area contributed by atoms with Crippen LogP contribution in [0.25, 0.3) is 66.1 Å². The summed E-state index contributed by atoms with van der Waals surface area (Å²) in [5.74, 6) is 2.57. The molecule has 5 aromatic carbocycles. The summed E-state index contributed by atoms with van der Waals surface area (Å²) >= 11 is 0. The second-order valence-corrected chi connectivity index (χ2v) is 19.8. The van der Waals surface area contributed by atoms with Crippen molar-refractivity contribution in [1.29, 1.82) is 0 Å². The fraction of sp³-hybridized carbons (Fsp3) is 0.279. The third kappa shape index (κ3) is 5.30. The normalized spacial score (nSPS) is 22.3. The molecule has 0 fully saturated rings. The first-order chi connectivity index (χ1) is 29.8. The Bertz CT molecular complexity index is 3040. The maximum atomic E-state index is 2.69. The maximum absolute atomic E-state index is 2.69. The monoisotopic (exact) mass is 788 g/mol. The largest absolute Gasteiger partial charge is 0.0839 e. The quantitative estimate of drug-likeness (QED) is 0.150. The van der Waals surface area contributed by atoms with Crippen LogP contribution in [0.2, 0.25) is 0 Å². The molecule has 0 aromatic heterocycles. The molecule has 0 aliphatic heterocycles. The van der Waals surface area contributed by atoms with E-state index in [4.69, 9.17) is 0 Å². The fourth-order valence-electron chi connectivity index (χ4n) is 12.8. The average molecular weight is 789 g/mol. The zero-order valence-corrected chi connectivity index (χ0v) is 36.7. The molecule has 0 heteroatoms. The van der Waals surface area contributed by atoms with Crippen molar-refractivity contribution in [3.05, 3.63) is 189 Å². The van der Waals surface area contributed by atoms with E-state index in [2.05, 4.69) is 175 Å². The van der Waals surface area contributed by atoms with Crippen LogP contribution >= 0.6 is 0 Å². The van der Waals surface area contributed by atoms with Crippen molar-refractivity contribution in [1.82, 2.24) is 0 Å². The van der Waals surface area contributed by atoms with Crippen LogP contribution < -0.4 is 0 Å². The van der Waals surface area contributed by atoms with E-state index in [0.29, 0.717) is 23.7 Å². The Kier molecular flexibility index (Phi) is 8.45. The van der Waals surface area contributed by atoms with E-state index in [-0.39, 0.29) is 11.8 Å². The van der Waals surface area contributed by atoms with Gasteiger partial charge in [-0.3, -0.25) is 0 Å². The zero-order chi connectivity index (χ0) is 41.3. The molecule has 3 unspecified atom stereocenters. The highest BCUT2D eigenvalue weighted by Crippen LogP contribution is 2.65. The Morgan fingerprint density at radius 3 is 2.00 bits per heavy atom. The van der Waals surface area contributed by atoms with E-state index < -0.39 is 0 Å². The molecule has 300 valence electrons. The lowest BCUT2D eigenvalue weighted by Crippen LogP contribution is -2.31. The van der Waals surface area contributed by atoms with Crippen molar-refractivity contribution in [3.63, 3.8) is 0 Å². The molecule has 0 saturated carbocycles. The predicted octanol–water partition coefficient (Wildman–Crippen LogP) is 16.7. The summed E-state index contributed by atoms with van der Waals surface area (Å²) in [6.07, 6.45) is 25.9. The van der Waals surface area contributed by atoms with Crippen molar-refractivity contribution in [2.24, 2.45) is 35.5 Å². The van der Waals surface area contributed by atoms with Crippen molar-refractivity contribution in [2.75, 3.05) is 0 Å². The minimum Gasteiger partial charge on any atom is -0.0839 e. The number of hydrogen-bond donors (Lipinski definition) is 0. The Morgan fingerprint density at radius 1 is 0.557 bits per heavy atom. The molecule has 7 aliphatic rings. The van der Waals surface area contributed by atoms with Gasteiger partial charge >= 0.3 is 0 Å². The smallest absolute Gasteiger partial charge is 0.0212 e. The molecule has 0 nitrogen and oxygen atoms in total.